The number of nitro groups is 1. The summed E-state index contributed by atoms with van der Waals surface area (Å²) in [5, 5.41) is 28.7. The smallest absolute Gasteiger partial charge is 0.354 e. The van der Waals surface area contributed by atoms with Crippen LogP contribution in [0.2, 0.25) is 0 Å². The third-order valence-electron chi connectivity index (χ3n) is 3.80. The molecule has 1 unspecified atom stereocenters. The molecular weight excluding hydrogens is 321 g/mol. The van der Waals surface area contributed by atoms with Gasteiger partial charge in [0.25, 0.3) is 0 Å². The highest BCUT2D eigenvalue weighted by molar-refractivity contribution is 5.52. The molecule has 2 heterocycles. The summed E-state index contributed by atoms with van der Waals surface area (Å²) in [7, 11) is 1.72. The number of alkyl halides is 1. The highest BCUT2D eigenvalue weighted by Gasteiger charge is 2.40. The lowest BCUT2D eigenvalue weighted by Gasteiger charge is -2.05. The van der Waals surface area contributed by atoms with E-state index in [4.69, 9.17) is 9.84 Å². The predicted octanol–water partition coefficient (Wildman–Crippen LogP) is 1.41. The highest BCUT2D eigenvalue weighted by Crippen LogP contribution is 2.48. The van der Waals surface area contributed by atoms with Crippen molar-refractivity contribution in [3.63, 3.8) is 0 Å². The van der Waals surface area contributed by atoms with Crippen molar-refractivity contribution in [3.8, 4) is 11.7 Å². The number of aryl methyl sites for hydroxylation is 2. The van der Waals surface area contributed by atoms with Crippen LogP contribution in [-0.2, 0) is 7.05 Å². The molecule has 2 aromatic heterocycles. The van der Waals surface area contributed by atoms with E-state index >= 15 is 0 Å². The van der Waals surface area contributed by atoms with Crippen molar-refractivity contribution in [2.24, 2.45) is 7.05 Å². The van der Waals surface area contributed by atoms with Gasteiger partial charge in [0, 0.05) is 19.0 Å². The van der Waals surface area contributed by atoms with Gasteiger partial charge in [-0.3, -0.25) is 14.8 Å². The van der Waals surface area contributed by atoms with Gasteiger partial charge in [-0.1, -0.05) is 0 Å². The summed E-state index contributed by atoms with van der Waals surface area (Å²) < 4.78 is 21.4. The van der Waals surface area contributed by atoms with Crippen LogP contribution in [0.25, 0.3) is 5.82 Å². The Kier molecular flexibility index (Phi) is 4.22. The second-order valence-electron chi connectivity index (χ2n) is 5.84. The number of rotatable bonds is 7. The van der Waals surface area contributed by atoms with Crippen LogP contribution in [0.15, 0.2) is 6.07 Å². The number of aliphatic hydroxyl groups excluding tert-OH is 1. The van der Waals surface area contributed by atoms with Crippen LogP contribution in [0.5, 0.6) is 5.88 Å². The van der Waals surface area contributed by atoms with E-state index in [0.29, 0.717) is 11.5 Å². The minimum absolute atomic E-state index is 0.0180. The molecule has 9 nitrogen and oxygen atoms in total. The zero-order valence-corrected chi connectivity index (χ0v) is 13.3. The Balaban J connectivity index is 2.08. The van der Waals surface area contributed by atoms with Crippen LogP contribution in [0.1, 0.15) is 30.1 Å². The zero-order valence-electron chi connectivity index (χ0n) is 13.3. The first kappa shape index (κ1) is 16.4. The number of ether oxygens (including phenoxy) is 1. The van der Waals surface area contributed by atoms with E-state index in [9.17, 15) is 14.5 Å². The van der Waals surface area contributed by atoms with E-state index < -0.39 is 24.3 Å². The Morgan fingerprint density at radius 1 is 1.54 bits per heavy atom. The molecule has 1 aliphatic carbocycles. The molecule has 1 atom stereocenters. The normalized spacial score (nSPS) is 15.5. The minimum Gasteiger partial charge on any atom is -0.469 e. The number of hydrogen-bond donors (Lipinski definition) is 1. The monoisotopic (exact) mass is 339 g/mol. The Morgan fingerprint density at radius 3 is 2.75 bits per heavy atom. The summed E-state index contributed by atoms with van der Waals surface area (Å²) >= 11 is 0. The van der Waals surface area contributed by atoms with Crippen LogP contribution < -0.4 is 4.74 Å². The molecule has 0 aliphatic heterocycles. The summed E-state index contributed by atoms with van der Waals surface area (Å²) in [4.78, 5) is 11.0. The molecule has 24 heavy (non-hydrogen) atoms. The van der Waals surface area contributed by atoms with Gasteiger partial charge in [-0.25, -0.2) is 9.07 Å². The van der Waals surface area contributed by atoms with Crippen molar-refractivity contribution in [2.45, 2.75) is 31.9 Å². The second-order valence-corrected chi connectivity index (χ2v) is 5.84. The van der Waals surface area contributed by atoms with Crippen LogP contribution >= 0.6 is 0 Å². The summed E-state index contributed by atoms with van der Waals surface area (Å²) in [5.41, 5.74) is 0.942. The Labute approximate surface area is 136 Å². The fourth-order valence-corrected chi connectivity index (χ4v) is 2.59. The molecule has 10 heteroatoms. The third kappa shape index (κ3) is 2.96. The topological polar surface area (TPSA) is 108 Å². The molecule has 0 aromatic carbocycles. The van der Waals surface area contributed by atoms with E-state index in [0.717, 1.165) is 18.5 Å². The standard InChI is InChI=1S/C14H18FN5O4/c1-8-5-11(18(2)16-8)19-12(9-3-4-9)13(20(22)23)14(17-19)24-7-10(15)6-21/h5,9-10,21H,3-4,6-7H2,1-2H3. The van der Waals surface area contributed by atoms with Crippen LogP contribution in [-0.4, -0.2) is 49.0 Å². The van der Waals surface area contributed by atoms with Gasteiger partial charge < -0.3 is 9.84 Å². The molecule has 130 valence electrons. The molecule has 0 radical (unpaired) electrons. The minimum atomic E-state index is -1.63. The summed E-state index contributed by atoms with van der Waals surface area (Å²) in [6.45, 7) is 0.596. The molecule has 1 N–H and O–H groups in total. The average molecular weight is 339 g/mol. The Hall–Kier alpha value is -2.49. The van der Waals surface area contributed by atoms with Gasteiger partial charge in [0.15, 0.2) is 12.0 Å². The number of nitrogens with zero attached hydrogens (tertiary/aromatic N) is 5. The van der Waals surface area contributed by atoms with Gasteiger partial charge in [-0.05, 0) is 19.8 Å². The van der Waals surface area contributed by atoms with E-state index in [1.165, 1.54) is 4.68 Å². The predicted molar refractivity (Wildman–Crippen MR) is 81.2 cm³/mol. The van der Waals surface area contributed by atoms with Crippen molar-refractivity contribution in [1.29, 1.82) is 0 Å². The average Bonchev–Trinajstić information content (AvgIpc) is 3.21. The van der Waals surface area contributed by atoms with Gasteiger partial charge >= 0.3 is 11.6 Å². The maximum absolute atomic E-state index is 13.2. The number of aromatic nitrogens is 4. The molecule has 1 saturated carbocycles. The van der Waals surface area contributed by atoms with E-state index in [2.05, 4.69) is 10.2 Å². The molecule has 0 saturated heterocycles. The zero-order chi connectivity index (χ0) is 17.4. The fraction of sp³-hybridized carbons (Fsp3) is 0.571. The first-order valence-corrected chi connectivity index (χ1v) is 7.58. The van der Waals surface area contributed by atoms with Gasteiger partial charge in [-0.15, -0.1) is 5.10 Å². The van der Waals surface area contributed by atoms with Gasteiger partial charge in [-0.2, -0.15) is 5.10 Å². The van der Waals surface area contributed by atoms with E-state index in [-0.39, 0.29) is 17.5 Å². The van der Waals surface area contributed by atoms with Crippen molar-refractivity contribution < 1.29 is 19.2 Å². The number of halogens is 1. The molecule has 3 rings (SSSR count). The maximum atomic E-state index is 13.2. The van der Waals surface area contributed by atoms with Crippen molar-refractivity contribution in [2.75, 3.05) is 13.2 Å². The molecule has 1 aliphatic rings. The van der Waals surface area contributed by atoms with Crippen molar-refractivity contribution in [3.05, 3.63) is 27.6 Å². The lowest BCUT2D eigenvalue weighted by Crippen LogP contribution is -2.17. The molecule has 2 aromatic rings. The van der Waals surface area contributed by atoms with Gasteiger partial charge in [0.05, 0.1) is 17.2 Å². The molecule has 0 amide bonds. The van der Waals surface area contributed by atoms with Crippen molar-refractivity contribution in [1.82, 2.24) is 19.6 Å². The molecule has 0 spiro atoms. The molecular formula is C14H18FN5O4. The summed E-state index contributed by atoms with van der Waals surface area (Å²) in [6.07, 6.45) is 0.0224. The number of hydrogen-bond acceptors (Lipinski definition) is 6. The Morgan fingerprint density at radius 2 is 2.25 bits per heavy atom. The Bertz CT molecular complexity index is 768. The largest absolute Gasteiger partial charge is 0.469 e. The van der Waals surface area contributed by atoms with Gasteiger partial charge in [0.2, 0.25) is 0 Å². The van der Waals surface area contributed by atoms with E-state index in [1.54, 1.807) is 17.8 Å². The SMILES string of the molecule is Cc1cc(-n2nc(OCC(F)CO)c([N+](=O)[O-])c2C2CC2)n(C)n1. The summed E-state index contributed by atoms with van der Waals surface area (Å²) in [6, 6.07) is 1.76. The summed E-state index contributed by atoms with van der Waals surface area (Å²) in [5.74, 6) is 0.354. The van der Waals surface area contributed by atoms with Crippen LogP contribution in [0.4, 0.5) is 10.1 Å². The molecule has 1 fully saturated rings. The quantitative estimate of drug-likeness (QED) is 0.603. The lowest BCUT2D eigenvalue weighted by molar-refractivity contribution is -0.386. The number of aliphatic hydroxyl groups is 1. The fourth-order valence-electron chi connectivity index (χ4n) is 2.59. The lowest BCUT2D eigenvalue weighted by atomic mass is 10.2. The highest BCUT2D eigenvalue weighted by atomic mass is 19.1. The molecule has 0 bridgehead atoms. The van der Waals surface area contributed by atoms with E-state index in [1.807, 2.05) is 6.92 Å². The maximum Gasteiger partial charge on any atom is 0.354 e. The van der Waals surface area contributed by atoms with Crippen LogP contribution in [0.3, 0.4) is 0 Å². The van der Waals surface area contributed by atoms with Crippen molar-refractivity contribution >= 4 is 5.69 Å². The second kappa shape index (κ2) is 6.19. The first-order chi connectivity index (χ1) is 11.4. The van der Waals surface area contributed by atoms with Gasteiger partial charge in [0.1, 0.15) is 12.3 Å². The van der Waals surface area contributed by atoms with Crippen LogP contribution in [0, 0.1) is 17.0 Å². The first-order valence-electron chi connectivity index (χ1n) is 7.58. The third-order valence-corrected chi connectivity index (χ3v) is 3.80.